The van der Waals surface area contributed by atoms with Crippen molar-refractivity contribution in [2.75, 3.05) is 46.0 Å². The molecule has 0 spiro atoms. The summed E-state index contributed by atoms with van der Waals surface area (Å²) in [5.41, 5.74) is 6.16. The minimum Gasteiger partial charge on any atom is -0.160 e. The average molecular weight is 629 g/mol. The molecule has 4 aliphatic rings. The molecule has 0 aromatic heterocycles. The Morgan fingerprint density at radius 1 is 0.472 bits per heavy atom. The first-order valence-electron chi connectivity index (χ1n) is 12.7. The van der Waals surface area contributed by atoms with E-state index in [1.807, 2.05) is 0 Å². The third-order valence-corrected chi connectivity index (χ3v) is 18.4. The van der Waals surface area contributed by atoms with Gasteiger partial charge < -0.3 is 0 Å². The Balaban J connectivity index is 0.000000148. The standard InChI is InChI=1S/2C14H18S4/c1-2-11(5-17-13-7-15-8-13)4-12(3-1)6-18-14-9-16-10-14;1-2-4-12(6-18-14-9-16-10-14)11(3-1)5-17-13-7-15-8-13/h2*1-4,13-14H,5-10H2. The van der Waals surface area contributed by atoms with Crippen molar-refractivity contribution in [2.45, 2.75) is 44.0 Å². The molecule has 4 fully saturated rings. The van der Waals surface area contributed by atoms with Crippen LogP contribution in [0.1, 0.15) is 22.3 Å². The van der Waals surface area contributed by atoms with Crippen LogP contribution in [0.4, 0.5) is 0 Å². The van der Waals surface area contributed by atoms with E-state index in [2.05, 4.69) is 143 Å². The predicted octanol–water partition coefficient (Wildman–Crippen LogP) is 8.77. The third-order valence-electron chi connectivity index (χ3n) is 6.46. The van der Waals surface area contributed by atoms with Gasteiger partial charge in [0.15, 0.2) is 0 Å². The molecule has 0 amide bonds. The molecule has 2 aromatic carbocycles. The van der Waals surface area contributed by atoms with Gasteiger partial charge in [-0.25, -0.2) is 0 Å². The molecule has 196 valence electrons. The summed E-state index contributed by atoms with van der Waals surface area (Å²) in [4.78, 5) is 0. The second-order valence-corrected chi connectivity index (χ2v) is 18.9. The minimum atomic E-state index is 0.916. The molecule has 4 aliphatic heterocycles. The number of hydrogen-bond acceptors (Lipinski definition) is 8. The second kappa shape index (κ2) is 15.9. The zero-order valence-corrected chi connectivity index (χ0v) is 27.2. The fourth-order valence-corrected chi connectivity index (χ4v) is 13.4. The lowest BCUT2D eigenvalue weighted by molar-refractivity contribution is 1.07. The molecule has 6 rings (SSSR count). The van der Waals surface area contributed by atoms with Gasteiger partial charge in [0.2, 0.25) is 0 Å². The van der Waals surface area contributed by atoms with Crippen LogP contribution >= 0.6 is 94.1 Å². The van der Waals surface area contributed by atoms with Crippen molar-refractivity contribution in [3.8, 4) is 0 Å². The number of thioether (sulfide) groups is 8. The maximum atomic E-state index is 2.41. The monoisotopic (exact) mass is 628 g/mol. The van der Waals surface area contributed by atoms with Gasteiger partial charge in [-0.15, -0.1) is 0 Å². The molecule has 0 aliphatic carbocycles. The zero-order valence-electron chi connectivity index (χ0n) is 20.7. The van der Waals surface area contributed by atoms with Crippen molar-refractivity contribution in [2.24, 2.45) is 0 Å². The lowest BCUT2D eigenvalue weighted by atomic mass is 10.1. The van der Waals surface area contributed by atoms with Crippen molar-refractivity contribution in [3.63, 3.8) is 0 Å². The van der Waals surface area contributed by atoms with E-state index in [0.29, 0.717) is 0 Å². The number of hydrogen-bond donors (Lipinski definition) is 0. The number of rotatable bonds is 12. The van der Waals surface area contributed by atoms with E-state index in [4.69, 9.17) is 0 Å². The SMILES string of the molecule is c1cc(CSC2CSC2)cc(CSC2CSC2)c1.c1ccc(CSC2CSC2)c(CSC2CSC2)c1. The van der Waals surface area contributed by atoms with Gasteiger partial charge in [0.1, 0.15) is 0 Å². The van der Waals surface area contributed by atoms with Crippen LogP contribution in [0.3, 0.4) is 0 Å². The van der Waals surface area contributed by atoms with Gasteiger partial charge >= 0.3 is 0 Å². The Morgan fingerprint density at radius 2 is 0.833 bits per heavy atom. The first-order chi connectivity index (χ1) is 17.8. The lowest BCUT2D eigenvalue weighted by Gasteiger charge is -2.26. The lowest BCUT2D eigenvalue weighted by Crippen LogP contribution is -2.21. The van der Waals surface area contributed by atoms with E-state index < -0.39 is 0 Å². The van der Waals surface area contributed by atoms with Crippen LogP contribution in [0, 0.1) is 0 Å². The zero-order chi connectivity index (χ0) is 24.4. The van der Waals surface area contributed by atoms with E-state index in [9.17, 15) is 0 Å². The molecule has 2 aromatic rings. The van der Waals surface area contributed by atoms with Crippen molar-refractivity contribution < 1.29 is 0 Å². The third kappa shape index (κ3) is 9.42. The number of benzene rings is 2. The molecular formula is C28H36S8. The largest absolute Gasteiger partial charge is 0.160 e. The molecular weight excluding hydrogens is 593 g/mol. The predicted molar refractivity (Wildman–Crippen MR) is 183 cm³/mol. The average Bonchev–Trinajstić information content (AvgIpc) is 2.77. The van der Waals surface area contributed by atoms with Gasteiger partial charge in [-0.05, 0) is 22.3 Å². The first-order valence-corrected chi connectivity index (χ1v) is 21.5. The van der Waals surface area contributed by atoms with Crippen LogP contribution in [0.2, 0.25) is 0 Å². The van der Waals surface area contributed by atoms with Crippen LogP contribution < -0.4 is 0 Å². The summed E-state index contributed by atoms with van der Waals surface area (Å²) in [5.74, 6) is 15.7. The van der Waals surface area contributed by atoms with E-state index in [0.717, 1.165) is 21.0 Å². The minimum absolute atomic E-state index is 0.916. The van der Waals surface area contributed by atoms with Crippen molar-refractivity contribution in [1.29, 1.82) is 0 Å². The summed E-state index contributed by atoms with van der Waals surface area (Å²) in [5, 5.41) is 3.66. The Bertz CT molecular complexity index is 851. The van der Waals surface area contributed by atoms with Crippen LogP contribution in [0.25, 0.3) is 0 Å². The topological polar surface area (TPSA) is 0 Å². The Hall–Kier alpha value is 1.24. The summed E-state index contributed by atoms with van der Waals surface area (Å²) in [6, 6.07) is 18.2. The van der Waals surface area contributed by atoms with Gasteiger partial charge in [-0.2, -0.15) is 94.1 Å². The van der Waals surface area contributed by atoms with Crippen molar-refractivity contribution in [3.05, 3.63) is 70.8 Å². The van der Waals surface area contributed by atoms with Crippen molar-refractivity contribution in [1.82, 2.24) is 0 Å². The highest BCUT2D eigenvalue weighted by Gasteiger charge is 2.21. The summed E-state index contributed by atoms with van der Waals surface area (Å²) in [7, 11) is 0. The fraction of sp³-hybridized carbons (Fsp3) is 0.571. The quantitative estimate of drug-likeness (QED) is 0.226. The molecule has 0 atom stereocenters. The second-order valence-electron chi connectivity index (χ2n) is 9.47. The van der Waals surface area contributed by atoms with Crippen LogP contribution in [0.5, 0.6) is 0 Å². The highest BCUT2D eigenvalue weighted by Crippen LogP contribution is 2.35. The maximum Gasteiger partial charge on any atom is 0.0232 e. The summed E-state index contributed by atoms with van der Waals surface area (Å²) < 4.78 is 0. The highest BCUT2D eigenvalue weighted by atomic mass is 32.2. The van der Waals surface area contributed by atoms with Gasteiger partial charge in [0.25, 0.3) is 0 Å². The van der Waals surface area contributed by atoms with Gasteiger partial charge in [0, 0.05) is 90.0 Å². The normalized spacial score (nSPS) is 20.4. The molecule has 0 unspecified atom stereocenters. The van der Waals surface area contributed by atoms with Crippen molar-refractivity contribution >= 4 is 94.1 Å². The molecule has 4 heterocycles. The van der Waals surface area contributed by atoms with E-state index >= 15 is 0 Å². The molecule has 36 heavy (non-hydrogen) atoms. The molecule has 0 bridgehead atoms. The van der Waals surface area contributed by atoms with Gasteiger partial charge in [-0.1, -0.05) is 48.5 Å². The first kappa shape index (κ1) is 28.8. The Kier molecular flexibility index (Phi) is 12.7. The maximum absolute atomic E-state index is 2.41. The Morgan fingerprint density at radius 3 is 1.17 bits per heavy atom. The summed E-state index contributed by atoms with van der Waals surface area (Å²) in [6.07, 6.45) is 0. The van der Waals surface area contributed by atoms with E-state index in [-0.39, 0.29) is 0 Å². The smallest absolute Gasteiger partial charge is 0.0232 e. The highest BCUT2D eigenvalue weighted by molar-refractivity contribution is 8.08. The summed E-state index contributed by atoms with van der Waals surface area (Å²) >= 11 is 16.9. The molecule has 0 saturated carbocycles. The molecule has 0 N–H and O–H groups in total. The fourth-order valence-electron chi connectivity index (χ4n) is 3.73. The Labute approximate surface area is 252 Å². The molecule has 0 radical (unpaired) electrons. The van der Waals surface area contributed by atoms with Crippen LogP contribution in [-0.2, 0) is 23.0 Å². The summed E-state index contributed by atoms with van der Waals surface area (Å²) in [6.45, 7) is 0. The van der Waals surface area contributed by atoms with E-state index in [1.54, 1.807) is 11.1 Å². The van der Waals surface area contributed by atoms with Gasteiger partial charge in [0.05, 0.1) is 0 Å². The van der Waals surface area contributed by atoms with Crippen LogP contribution in [-0.4, -0.2) is 67.0 Å². The van der Waals surface area contributed by atoms with E-state index in [1.165, 1.54) is 80.2 Å². The molecule has 4 saturated heterocycles. The molecule has 8 heteroatoms. The molecule has 0 nitrogen and oxygen atoms in total. The van der Waals surface area contributed by atoms with Gasteiger partial charge in [-0.3, -0.25) is 0 Å². The van der Waals surface area contributed by atoms with Crippen LogP contribution in [0.15, 0.2) is 48.5 Å².